The van der Waals surface area contributed by atoms with Crippen LogP contribution in [-0.2, 0) is 20.1 Å². The van der Waals surface area contributed by atoms with Gasteiger partial charge < -0.3 is 15.2 Å². The molecule has 1 aromatic heterocycles. The first-order chi connectivity index (χ1) is 15.4. The predicted octanol–water partition coefficient (Wildman–Crippen LogP) is 5.68. The third-order valence-electron chi connectivity index (χ3n) is 5.14. The van der Waals surface area contributed by atoms with E-state index < -0.39 is 0 Å². The number of hydrogen-bond acceptors (Lipinski definition) is 4. The van der Waals surface area contributed by atoms with Gasteiger partial charge in [0, 0.05) is 37.4 Å². The Hall–Kier alpha value is -2.76. The Balaban J connectivity index is 0.000000337. The topological polar surface area (TPSA) is 66.2 Å². The molecule has 0 aliphatic rings. The van der Waals surface area contributed by atoms with E-state index in [0.717, 1.165) is 38.1 Å². The first kappa shape index (κ1) is 24.9. The molecule has 0 aliphatic carbocycles. The Bertz CT molecular complexity index is 1350. The van der Waals surface area contributed by atoms with Crippen molar-refractivity contribution in [3.05, 3.63) is 84.8 Å². The molecule has 4 aromatic carbocycles. The maximum absolute atomic E-state index is 13.6. The average Bonchev–Trinajstić information content (AvgIpc) is 2.78. The standard InChI is InChI=1S/C22H12FN2.C5H12O2.Ir/c23-15-7-5-6-14(12-15)20-13-24-21-18-10-3-1-8-16(18)17-9-2-4-11-19(17)22(21)25-20;1-4(6)3-5(2)7;/h1-9,11-13H;4-7H,3H2,1-2H3;/q-1;;. The molecular formula is C27H24FIrN2O2-. The fourth-order valence-electron chi connectivity index (χ4n) is 3.82. The number of aliphatic hydroxyl groups is 2. The summed E-state index contributed by atoms with van der Waals surface area (Å²) >= 11 is 0. The van der Waals surface area contributed by atoms with Gasteiger partial charge in [0.15, 0.2) is 0 Å². The zero-order chi connectivity index (χ0) is 22.7. The first-order valence-corrected chi connectivity index (χ1v) is 10.5. The summed E-state index contributed by atoms with van der Waals surface area (Å²) in [7, 11) is 0. The van der Waals surface area contributed by atoms with Crippen molar-refractivity contribution in [1.82, 2.24) is 9.97 Å². The van der Waals surface area contributed by atoms with Crippen molar-refractivity contribution in [1.29, 1.82) is 0 Å². The number of benzene rings is 4. The van der Waals surface area contributed by atoms with Crippen LogP contribution < -0.4 is 0 Å². The molecule has 1 heterocycles. The van der Waals surface area contributed by atoms with Crippen LogP contribution in [0.4, 0.5) is 4.39 Å². The summed E-state index contributed by atoms with van der Waals surface area (Å²) in [6, 6.07) is 23.8. The van der Waals surface area contributed by atoms with E-state index in [2.05, 4.69) is 23.2 Å². The molecule has 5 aromatic rings. The van der Waals surface area contributed by atoms with E-state index in [1.54, 1.807) is 26.1 Å². The first-order valence-electron chi connectivity index (χ1n) is 10.5. The third kappa shape index (κ3) is 5.60. The van der Waals surface area contributed by atoms with Crippen molar-refractivity contribution in [2.45, 2.75) is 32.5 Å². The monoisotopic (exact) mass is 620 g/mol. The Morgan fingerprint density at radius 2 is 1.58 bits per heavy atom. The second-order valence-electron chi connectivity index (χ2n) is 7.90. The van der Waals surface area contributed by atoms with Gasteiger partial charge in [0.1, 0.15) is 5.82 Å². The molecule has 0 amide bonds. The number of fused-ring (bicyclic) bond motifs is 6. The van der Waals surface area contributed by atoms with Crippen molar-refractivity contribution in [3.63, 3.8) is 0 Å². The van der Waals surface area contributed by atoms with Gasteiger partial charge in [0.05, 0.1) is 23.4 Å². The summed E-state index contributed by atoms with van der Waals surface area (Å²) in [6.45, 7) is 3.32. The van der Waals surface area contributed by atoms with Gasteiger partial charge in [-0.15, -0.1) is 29.7 Å². The Morgan fingerprint density at radius 1 is 0.879 bits per heavy atom. The van der Waals surface area contributed by atoms with Crippen LogP contribution in [0.2, 0.25) is 0 Å². The molecule has 171 valence electrons. The molecule has 1 radical (unpaired) electrons. The summed E-state index contributed by atoms with van der Waals surface area (Å²) in [4.78, 5) is 9.46. The molecule has 0 fully saturated rings. The van der Waals surface area contributed by atoms with E-state index in [-0.39, 0.29) is 38.1 Å². The zero-order valence-corrected chi connectivity index (χ0v) is 20.7. The van der Waals surface area contributed by atoms with E-state index in [1.165, 1.54) is 12.1 Å². The number of halogens is 1. The smallest absolute Gasteiger partial charge is 0.123 e. The molecule has 2 atom stereocenters. The second-order valence-corrected chi connectivity index (χ2v) is 7.90. The quantitative estimate of drug-likeness (QED) is 0.202. The molecule has 0 saturated carbocycles. The van der Waals surface area contributed by atoms with Gasteiger partial charge in [-0.2, -0.15) is 0 Å². The molecule has 4 nitrogen and oxygen atoms in total. The maximum Gasteiger partial charge on any atom is 0.123 e. The molecule has 0 spiro atoms. The van der Waals surface area contributed by atoms with Crippen LogP contribution >= 0.6 is 0 Å². The predicted molar refractivity (Wildman–Crippen MR) is 127 cm³/mol. The van der Waals surface area contributed by atoms with Gasteiger partial charge in [0.25, 0.3) is 0 Å². The van der Waals surface area contributed by atoms with E-state index in [1.807, 2.05) is 36.4 Å². The Morgan fingerprint density at radius 3 is 2.24 bits per heavy atom. The summed E-state index contributed by atoms with van der Waals surface area (Å²) < 4.78 is 13.6. The van der Waals surface area contributed by atoms with Crippen LogP contribution in [-0.4, -0.2) is 32.4 Å². The number of nitrogens with zero attached hydrogens (tertiary/aromatic N) is 2. The van der Waals surface area contributed by atoms with E-state index in [0.29, 0.717) is 12.1 Å². The summed E-state index contributed by atoms with van der Waals surface area (Å²) in [5.41, 5.74) is 3.00. The average molecular weight is 620 g/mol. The second kappa shape index (κ2) is 10.9. The molecule has 2 N–H and O–H groups in total. The molecule has 0 aliphatic heterocycles. The molecular weight excluding hydrogens is 596 g/mol. The van der Waals surface area contributed by atoms with E-state index in [4.69, 9.17) is 15.2 Å². The van der Waals surface area contributed by atoms with Gasteiger partial charge >= 0.3 is 0 Å². The van der Waals surface area contributed by atoms with Crippen LogP contribution in [0, 0.1) is 11.9 Å². The molecule has 0 bridgehead atoms. The minimum absolute atomic E-state index is 0. The molecule has 0 saturated heterocycles. The molecule has 6 heteroatoms. The molecule has 2 unspecified atom stereocenters. The van der Waals surface area contributed by atoms with E-state index in [9.17, 15) is 4.39 Å². The normalized spacial score (nSPS) is 12.6. The summed E-state index contributed by atoms with van der Waals surface area (Å²) in [6.07, 6.45) is 1.42. The van der Waals surface area contributed by atoms with Gasteiger partial charge in [0.2, 0.25) is 0 Å². The molecule has 5 rings (SSSR count). The number of aromatic nitrogens is 2. The number of rotatable bonds is 3. The van der Waals surface area contributed by atoms with Crippen LogP contribution in [0.5, 0.6) is 0 Å². The minimum atomic E-state index is -0.375. The largest absolute Gasteiger partial charge is 0.393 e. The van der Waals surface area contributed by atoms with Gasteiger partial charge in [-0.3, -0.25) is 4.98 Å². The van der Waals surface area contributed by atoms with Crippen molar-refractivity contribution in [3.8, 4) is 11.3 Å². The van der Waals surface area contributed by atoms with Crippen molar-refractivity contribution < 1.29 is 34.7 Å². The van der Waals surface area contributed by atoms with Gasteiger partial charge in [-0.1, -0.05) is 47.2 Å². The van der Waals surface area contributed by atoms with Crippen LogP contribution in [0.25, 0.3) is 43.8 Å². The van der Waals surface area contributed by atoms with Crippen molar-refractivity contribution >= 4 is 32.6 Å². The molecule has 33 heavy (non-hydrogen) atoms. The summed E-state index contributed by atoms with van der Waals surface area (Å²) in [5.74, 6) is -0.281. The Kier molecular flexibility index (Phi) is 8.22. The fourth-order valence-corrected chi connectivity index (χ4v) is 3.82. The van der Waals surface area contributed by atoms with Crippen molar-refractivity contribution in [2.24, 2.45) is 0 Å². The minimum Gasteiger partial charge on any atom is -0.393 e. The Labute approximate surface area is 205 Å². The van der Waals surface area contributed by atoms with E-state index >= 15 is 0 Å². The maximum atomic E-state index is 13.6. The SMILES string of the molecule is CC(O)CC(C)O.Fc1cccc(-c2cnc3c4[c-]cccc4c4ccccc4c3n2)c1.[Ir]. The zero-order valence-electron chi connectivity index (χ0n) is 18.3. The third-order valence-corrected chi connectivity index (χ3v) is 5.14. The fraction of sp³-hybridized carbons (Fsp3) is 0.185. The van der Waals surface area contributed by atoms with Gasteiger partial charge in [-0.25, -0.2) is 4.39 Å². The van der Waals surface area contributed by atoms with Crippen LogP contribution in [0.15, 0.2) is 72.9 Å². The number of aliphatic hydroxyl groups excluding tert-OH is 2. The van der Waals surface area contributed by atoms with Crippen LogP contribution in [0.1, 0.15) is 20.3 Å². The van der Waals surface area contributed by atoms with Crippen molar-refractivity contribution in [2.75, 3.05) is 0 Å². The summed E-state index contributed by atoms with van der Waals surface area (Å²) in [5, 5.41) is 21.3. The van der Waals surface area contributed by atoms with Crippen LogP contribution in [0.3, 0.4) is 0 Å². The van der Waals surface area contributed by atoms with Gasteiger partial charge in [-0.05, 0) is 37.8 Å². The number of hydrogen-bond donors (Lipinski definition) is 2.